The summed E-state index contributed by atoms with van der Waals surface area (Å²) in [7, 11) is 0. The molecule has 1 aliphatic carbocycles. The van der Waals surface area contributed by atoms with Crippen molar-refractivity contribution in [2.45, 2.75) is 0 Å². The van der Waals surface area contributed by atoms with Crippen LogP contribution in [0.2, 0.25) is 0 Å². The molecule has 0 amide bonds. The molecule has 0 saturated heterocycles. The molecule has 1 aliphatic rings. The van der Waals surface area contributed by atoms with E-state index in [1.54, 1.807) is 12.1 Å². The zero-order chi connectivity index (χ0) is 12.0. The van der Waals surface area contributed by atoms with Gasteiger partial charge in [-0.1, -0.05) is 36.5 Å². The van der Waals surface area contributed by atoms with E-state index in [0.717, 1.165) is 22.3 Å². The van der Waals surface area contributed by atoms with Crippen LogP contribution in [0.5, 0.6) is 0 Å². The highest BCUT2D eigenvalue weighted by atomic mass is 32.1. The molecule has 0 fully saturated rings. The SMILES string of the molecule is O=[N+]([O-])c1ccc2c(c1)C(=S)c1ccccc1-2. The van der Waals surface area contributed by atoms with Gasteiger partial charge in [0.1, 0.15) is 0 Å². The predicted molar refractivity (Wildman–Crippen MR) is 69.3 cm³/mol. The quantitative estimate of drug-likeness (QED) is 0.373. The van der Waals surface area contributed by atoms with E-state index in [1.165, 1.54) is 6.07 Å². The van der Waals surface area contributed by atoms with Crippen LogP contribution in [0, 0.1) is 10.1 Å². The van der Waals surface area contributed by atoms with Gasteiger partial charge in [0.05, 0.1) is 9.79 Å². The standard InChI is InChI=1S/C13H7NO2S/c15-14(16)8-5-6-10-9-3-1-2-4-11(9)13(17)12(10)7-8/h1-7H. The largest absolute Gasteiger partial charge is 0.270 e. The fourth-order valence-electron chi connectivity index (χ4n) is 2.13. The molecule has 0 aliphatic heterocycles. The average Bonchev–Trinajstić information content (AvgIpc) is 2.64. The maximum absolute atomic E-state index is 10.7. The van der Waals surface area contributed by atoms with Gasteiger partial charge in [-0.2, -0.15) is 0 Å². The van der Waals surface area contributed by atoms with Gasteiger partial charge in [-0.05, 0) is 17.2 Å². The zero-order valence-corrected chi connectivity index (χ0v) is 9.53. The minimum absolute atomic E-state index is 0.0823. The van der Waals surface area contributed by atoms with Crippen molar-refractivity contribution in [2.75, 3.05) is 0 Å². The molecule has 0 heterocycles. The van der Waals surface area contributed by atoms with E-state index in [-0.39, 0.29) is 5.69 Å². The lowest BCUT2D eigenvalue weighted by atomic mass is 10.1. The topological polar surface area (TPSA) is 43.1 Å². The Hall–Kier alpha value is -2.07. The molecular weight excluding hydrogens is 234 g/mol. The van der Waals surface area contributed by atoms with Gasteiger partial charge in [0.2, 0.25) is 0 Å². The van der Waals surface area contributed by atoms with Crippen LogP contribution < -0.4 is 0 Å². The predicted octanol–water partition coefficient (Wildman–Crippen LogP) is 3.34. The van der Waals surface area contributed by atoms with Gasteiger partial charge in [-0.15, -0.1) is 0 Å². The Balaban J connectivity index is 2.28. The Labute approximate surface area is 103 Å². The molecule has 0 radical (unpaired) electrons. The molecule has 2 aromatic carbocycles. The second-order valence-electron chi connectivity index (χ2n) is 3.86. The third kappa shape index (κ3) is 1.38. The molecule has 17 heavy (non-hydrogen) atoms. The van der Waals surface area contributed by atoms with Gasteiger partial charge in [0.25, 0.3) is 5.69 Å². The molecule has 0 spiro atoms. The van der Waals surface area contributed by atoms with Crippen molar-refractivity contribution in [2.24, 2.45) is 0 Å². The molecule has 0 N–H and O–H groups in total. The summed E-state index contributed by atoms with van der Waals surface area (Å²) in [6.45, 7) is 0. The van der Waals surface area contributed by atoms with Gasteiger partial charge >= 0.3 is 0 Å². The Bertz CT molecular complexity index is 664. The molecule has 2 aromatic rings. The van der Waals surface area contributed by atoms with Crippen molar-refractivity contribution in [3.63, 3.8) is 0 Å². The first-order valence-electron chi connectivity index (χ1n) is 5.11. The Morgan fingerprint density at radius 3 is 2.29 bits per heavy atom. The number of fused-ring (bicyclic) bond motifs is 3. The van der Waals surface area contributed by atoms with Gasteiger partial charge in [0.15, 0.2) is 0 Å². The summed E-state index contributed by atoms with van der Waals surface area (Å²) < 4.78 is 0. The maximum atomic E-state index is 10.7. The number of benzene rings is 2. The number of non-ortho nitro benzene ring substituents is 1. The van der Waals surface area contributed by atoms with Crippen LogP contribution in [0.3, 0.4) is 0 Å². The molecule has 4 heteroatoms. The van der Waals surface area contributed by atoms with Gasteiger partial charge in [-0.25, -0.2) is 0 Å². The van der Waals surface area contributed by atoms with Crippen LogP contribution >= 0.6 is 12.2 Å². The Kier molecular flexibility index (Phi) is 2.06. The number of nitro groups is 1. The van der Waals surface area contributed by atoms with E-state index in [9.17, 15) is 10.1 Å². The highest BCUT2D eigenvalue weighted by molar-refractivity contribution is 7.81. The van der Waals surface area contributed by atoms with Crippen LogP contribution in [-0.4, -0.2) is 9.79 Å². The molecule has 0 saturated carbocycles. The van der Waals surface area contributed by atoms with Crippen LogP contribution in [0.1, 0.15) is 11.1 Å². The van der Waals surface area contributed by atoms with E-state index in [4.69, 9.17) is 12.2 Å². The van der Waals surface area contributed by atoms with Gasteiger partial charge < -0.3 is 0 Å². The Morgan fingerprint density at radius 2 is 1.59 bits per heavy atom. The van der Waals surface area contributed by atoms with Crippen LogP contribution in [-0.2, 0) is 0 Å². The normalized spacial score (nSPS) is 12.1. The van der Waals surface area contributed by atoms with Crippen molar-refractivity contribution in [1.82, 2.24) is 0 Å². The van der Waals surface area contributed by atoms with E-state index >= 15 is 0 Å². The summed E-state index contributed by atoms with van der Waals surface area (Å²) in [6.07, 6.45) is 0. The van der Waals surface area contributed by atoms with Crippen molar-refractivity contribution >= 4 is 22.8 Å². The smallest absolute Gasteiger partial charge is 0.258 e. The second-order valence-corrected chi connectivity index (χ2v) is 4.27. The fourth-order valence-corrected chi connectivity index (χ4v) is 2.48. The average molecular weight is 241 g/mol. The first-order chi connectivity index (χ1) is 8.18. The molecule has 0 atom stereocenters. The summed E-state index contributed by atoms with van der Waals surface area (Å²) in [4.78, 5) is 11.0. The monoisotopic (exact) mass is 241 g/mol. The Morgan fingerprint density at radius 1 is 0.941 bits per heavy atom. The lowest BCUT2D eigenvalue weighted by Crippen LogP contribution is -1.95. The van der Waals surface area contributed by atoms with Crippen molar-refractivity contribution < 1.29 is 4.92 Å². The third-order valence-corrected chi connectivity index (χ3v) is 3.36. The van der Waals surface area contributed by atoms with E-state index in [2.05, 4.69) is 0 Å². The second kappa shape index (κ2) is 3.46. The summed E-state index contributed by atoms with van der Waals surface area (Å²) in [6, 6.07) is 12.6. The van der Waals surface area contributed by atoms with Crippen molar-refractivity contribution in [1.29, 1.82) is 0 Å². The van der Waals surface area contributed by atoms with Gasteiger partial charge in [-0.3, -0.25) is 10.1 Å². The summed E-state index contributed by atoms with van der Waals surface area (Å²) in [5.74, 6) is 0. The van der Waals surface area contributed by atoms with E-state index < -0.39 is 4.92 Å². The third-order valence-electron chi connectivity index (χ3n) is 2.92. The van der Waals surface area contributed by atoms with Crippen LogP contribution in [0.15, 0.2) is 42.5 Å². The number of nitrogens with zero attached hydrogens (tertiary/aromatic N) is 1. The highest BCUT2D eigenvalue weighted by Crippen LogP contribution is 2.38. The molecule has 3 rings (SSSR count). The number of thiocarbonyl (C=S) groups is 1. The maximum Gasteiger partial charge on any atom is 0.270 e. The van der Waals surface area contributed by atoms with E-state index in [1.807, 2.05) is 24.3 Å². The lowest BCUT2D eigenvalue weighted by Gasteiger charge is -1.99. The van der Waals surface area contributed by atoms with Crippen molar-refractivity contribution in [3.8, 4) is 11.1 Å². The minimum Gasteiger partial charge on any atom is -0.258 e. The van der Waals surface area contributed by atoms with Gasteiger partial charge in [0, 0.05) is 23.3 Å². The summed E-state index contributed by atoms with van der Waals surface area (Å²) in [5, 5.41) is 10.7. The number of hydrogen-bond acceptors (Lipinski definition) is 3. The molecule has 0 bridgehead atoms. The molecule has 3 nitrogen and oxygen atoms in total. The molecule has 82 valence electrons. The number of nitro benzene ring substituents is 1. The van der Waals surface area contributed by atoms with Crippen molar-refractivity contribution in [3.05, 3.63) is 63.7 Å². The first-order valence-corrected chi connectivity index (χ1v) is 5.52. The summed E-state index contributed by atoms with van der Waals surface area (Å²) >= 11 is 5.35. The zero-order valence-electron chi connectivity index (χ0n) is 8.71. The highest BCUT2D eigenvalue weighted by Gasteiger charge is 2.24. The van der Waals surface area contributed by atoms with Crippen LogP contribution in [0.4, 0.5) is 5.69 Å². The lowest BCUT2D eigenvalue weighted by molar-refractivity contribution is -0.384. The molecule has 0 unspecified atom stereocenters. The number of rotatable bonds is 1. The minimum atomic E-state index is -0.397. The fraction of sp³-hybridized carbons (Fsp3) is 0. The van der Waals surface area contributed by atoms with Crippen LogP contribution in [0.25, 0.3) is 11.1 Å². The first kappa shape index (κ1) is 10.1. The molecule has 0 aromatic heterocycles. The molecular formula is C13H7NO2S. The number of hydrogen-bond donors (Lipinski definition) is 0. The van der Waals surface area contributed by atoms with E-state index in [0.29, 0.717) is 4.86 Å². The summed E-state index contributed by atoms with van der Waals surface area (Å²) in [5.41, 5.74) is 3.89.